The van der Waals surface area contributed by atoms with E-state index in [-0.39, 0.29) is 85.2 Å². The summed E-state index contributed by atoms with van der Waals surface area (Å²) in [6.07, 6.45) is 0.709. The number of carbonyl (C=O) groups is 4. The topological polar surface area (TPSA) is 177 Å². The minimum atomic E-state index is -2.58. The van der Waals surface area contributed by atoms with Crippen LogP contribution < -0.4 is 28.4 Å². The average Bonchev–Trinajstić information content (AvgIpc) is 3.84. The third kappa shape index (κ3) is 12.4. The summed E-state index contributed by atoms with van der Waals surface area (Å²) >= 11 is 0. The van der Waals surface area contributed by atoms with E-state index < -0.39 is 48.8 Å². The lowest BCUT2D eigenvalue weighted by molar-refractivity contribution is -0.124. The number of methoxy groups -OCH3 is 1. The zero-order valence-electron chi connectivity index (χ0n) is 44.2. The summed E-state index contributed by atoms with van der Waals surface area (Å²) in [7, 11) is -3.91. The Kier molecular flexibility index (Phi) is 18.0. The van der Waals surface area contributed by atoms with Crippen molar-refractivity contribution in [3.8, 4) is 23.0 Å². The first kappa shape index (κ1) is 55.3. The highest BCUT2D eigenvalue weighted by molar-refractivity contribution is 6.78. The van der Waals surface area contributed by atoms with E-state index >= 15 is 0 Å². The van der Waals surface area contributed by atoms with Crippen LogP contribution in [0.25, 0.3) is 0 Å². The van der Waals surface area contributed by atoms with Crippen molar-refractivity contribution in [3.05, 3.63) is 35.4 Å². The van der Waals surface area contributed by atoms with Crippen LogP contribution >= 0.6 is 0 Å². The maximum atomic E-state index is 14.5. The predicted octanol–water partition coefficient (Wildman–Crippen LogP) is 8.35. The number of anilines is 2. The van der Waals surface area contributed by atoms with Gasteiger partial charge in [0.2, 0.25) is 0 Å². The number of benzene rings is 2. The monoisotopic (exact) mass is 1030 g/mol. The summed E-state index contributed by atoms with van der Waals surface area (Å²) in [6, 6.07) is 7.03. The zero-order chi connectivity index (χ0) is 51.5. The van der Waals surface area contributed by atoms with E-state index in [1.165, 1.54) is 21.8 Å². The fraction of sp³-hybridized carbons (Fsp3) is 0.686. The van der Waals surface area contributed by atoms with E-state index in [2.05, 4.69) is 80.8 Å². The van der Waals surface area contributed by atoms with Gasteiger partial charge in [-0.1, -0.05) is 80.8 Å². The molecule has 4 aliphatic heterocycles. The fourth-order valence-electron chi connectivity index (χ4n) is 10.4. The number of amides is 4. The molecule has 2 N–H and O–H groups in total. The quantitative estimate of drug-likeness (QED) is 0.0761. The molecule has 19 heteroatoms. The van der Waals surface area contributed by atoms with Gasteiger partial charge in [0, 0.05) is 67.4 Å². The van der Waals surface area contributed by atoms with Crippen molar-refractivity contribution in [3.63, 3.8) is 0 Å². The SMILES string of the molecule is COc1cc2c(cc1OCCCCCOc1cc3c(cc1O[Si](C(C)C)(C(C)C)C(C)C)C(=O)N1C[C@H](O)C[C@H]1C(=O)N3COCC[Si](C)(C)C)N(COCC[Si](C)(C)C)C(=O)[C@@H]1C[C@@H](O)CN1C2=O. The molecule has 4 atom stereocenters. The highest BCUT2D eigenvalue weighted by Gasteiger charge is 2.50. The second-order valence-electron chi connectivity index (χ2n) is 23.0. The van der Waals surface area contributed by atoms with Crippen LogP contribution in [0.2, 0.25) is 68.0 Å². The highest BCUT2D eigenvalue weighted by atomic mass is 28.4. The van der Waals surface area contributed by atoms with Crippen molar-refractivity contribution in [2.75, 3.05) is 69.9 Å². The van der Waals surface area contributed by atoms with Gasteiger partial charge >= 0.3 is 0 Å². The first-order valence-corrected chi connectivity index (χ1v) is 35.0. The maximum absolute atomic E-state index is 14.5. The number of ether oxygens (including phenoxy) is 5. The molecule has 0 bridgehead atoms. The van der Waals surface area contributed by atoms with Gasteiger partial charge in [0.15, 0.2) is 17.2 Å². The van der Waals surface area contributed by atoms with Gasteiger partial charge in [-0.25, -0.2) is 0 Å². The number of rotatable bonds is 24. The number of nitrogens with zero attached hydrogens (tertiary/aromatic N) is 4. The molecule has 0 unspecified atom stereocenters. The van der Waals surface area contributed by atoms with Gasteiger partial charge in [0.25, 0.3) is 31.9 Å². The minimum Gasteiger partial charge on any atom is -0.540 e. The lowest BCUT2D eigenvalue weighted by atomic mass is 10.1. The maximum Gasteiger partial charge on any atom is 0.258 e. The fourth-order valence-corrected chi connectivity index (χ4v) is 17.2. The van der Waals surface area contributed by atoms with E-state index in [4.69, 9.17) is 28.1 Å². The van der Waals surface area contributed by atoms with Crippen molar-refractivity contribution < 1.29 is 57.5 Å². The van der Waals surface area contributed by atoms with E-state index in [1.807, 2.05) is 0 Å². The number of aliphatic hydroxyl groups excluding tert-OH is 2. The molecule has 2 aromatic rings. The van der Waals surface area contributed by atoms with Crippen LogP contribution in [0.3, 0.4) is 0 Å². The van der Waals surface area contributed by atoms with Gasteiger partial charge in [0.1, 0.15) is 31.3 Å². The molecule has 2 fully saturated rings. The summed E-state index contributed by atoms with van der Waals surface area (Å²) in [5, 5.41) is 21.2. The van der Waals surface area contributed by atoms with Crippen molar-refractivity contribution in [2.24, 2.45) is 0 Å². The minimum absolute atomic E-state index is 0.0391. The molecular formula is C51H82N4O12Si3. The largest absolute Gasteiger partial charge is 0.540 e. The van der Waals surface area contributed by atoms with Crippen LogP contribution in [-0.2, 0) is 19.1 Å². The standard InChI is InChI=1S/C51H82N4O12Si3/c1-33(2)70(34(3)4,35(5)6)67-47-26-39-41(55(32-64-20-22-69(11,12)13)51(61)43-24-37(57)30-53(43)49(39)59)28-46(47)66-18-16-14-15-17-65-45-27-40-38(25-44(45)62-7)48(58)52-29-36(56)23-42(52)50(60)54(40)31-63-19-21-68(8,9)10/h25-28,33-37,42-43,56-57H,14-24,29-32H2,1-13H3/t36-,37-,42+,43+/m1/s1. The molecule has 0 aromatic heterocycles. The average molecular weight is 1030 g/mol. The Morgan fingerprint density at radius 3 is 1.36 bits per heavy atom. The molecule has 0 radical (unpaired) electrons. The molecule has 0 spiro atoms. The predicted molar refractivity (Wildman–Crippen MR) is 280 cm³/mol. The van der Waals surface area contributed by atoms with E-state index in [0.29, 0.717) is 79.2 Å². The molecule has 2 saturated heterocycles. The third-order valence-corrected chi connectivity index (χ3v) is 23.7. The van der Waals surface area contributed by atoms with Crippen LogP contribution in [0, 0.1) is 0 Å². The van der Waals surface area contributed by atoms with E-state index in [1.54, 1.807) is 29.2 Å². The van der Waals surface area contributed by atoms with Gasteiger partial charge in [-0.2, -0.15) is 0 Å². The molecule has 4 heterocycles. The van der Waals surface area contributed by atoms with Crippen LogP contribution in [0.5, 0.6) is 23.0 Å². The van der Waals surface area contributed by atoms with Crippen molar-refractivity contribution >= 4 is 59.5 Å². The highest BCUT2D eigenvalue weighted by Crippen LogP contribution is 2.48. The molecule has 2 aromatic carbocycles. The van der Waals surface area contributed by atoms with Crippen LogP contribution in [0.15, 0.2) is 24.3 Å². The molecule has 70 heavy (non-hydrogen) atoms. The summed E-state index contributed by atoms with van der Waals surface area (Å²) in [6.45, 7) is 28.4. The Morgan fingerprint density at radius 2 is 0.971 bits per heavy atom. The summed E-state index contributed by atoms with van der Waals surface area (Å²) in [4.78, 5) is 62.8. The summed E-state index contributed by atoms with van der Waals surface area (Å²) in [5.74, 6) is 0.372. The van der Waals surface area contributed by atoms with Gasteiger partial charge in [-0.3, -0.25) is 29.0 Å². The Labute approximate surface area is 419 Å². The van der Waals surface area contributed by atoms with Gasteiger partial charge in [0.05, 0.1) is 55.0 Å². The van der Waals surface area contributed by atoms with Crippen LogP contribution in [0.4, 0.5) is 11.4 Å². The Bertz CT molecular complexity index is 2170. The molecule has 4 amide bonds. The summed E-state index contributed by atoms with van der Waals surface area (Å²) in [5.41, 5.74) is 2.07. The zero-order valence-corrected chi connectivity index (χ0v) is 47.2. The van der Waals surface area contributed by atoms with Crippen molar-refractivity contribution in [1.82, 2.24) is 9.80 Å². The van der Waals surface area contributed by atoms with Gasteiger partial charge in [-0.05, 0) is 60.1 Å². The summed E-state index contributed by atoms with van der Waals surface area (Å²) < 4.78 is 38.2. The van der Waals surface area contributed by atoms with E-state index in [0.717, 1.165) is 18.5 Å². The number of hydrogen-bond donors (Lipinski definition) is 2. The number of carbonyl (C=O) groups excluding carboxylic acids is 4. The van der Waals surface area contributed by atoms with Crippen molar-refractivity contribution in [2.45, 2.75) is 166 Å². The first-order valence-electron chi connectivity index (χ1n) is 25.5. The number of hydrogen-bond acceptors (Lipinski definition) is 12. The molecular weight excluding hydrogens is 945 g/mol. The third-order valence-electron chi connectivity index (χ3n) is 14.3. The lowest BCUT2D eigenvalue weighted by Gasteiger charge is -2.42. The van der Waals surface area contributed by atoms with E-state index in [9.17, 15) is 29.4 Å². The van der Waals surface area contributed by atoms with Crippen molar-refractivity contribution in [1.29, 1.82) is 0 Å². The second-order valence-corrected chi connectivity index (χ2v) is 39.6. The number of aliphatic hydroxyl groups is 2. The Hall–Kier alpha value is -3.99. The smallest absolute Gasteiger partial charge is 0.258 e. The normalized spacial score (nSPS) is 20.8. The van der Waals surface area contributed by atoms with Gasteiger partial charge in [-0.15, -0.1) is 0 Å². The molecule has 6 rings (SSSR count). The lowest BCUT2D eigenvalue weighted by Crippen LogP contribution is -2.50. The van der Waals surface area contributed by atoms with Crippen LogP contribution in [0.1, 0.15) is 94.4 Å². The second kappa shape index (κ2) is 22.8. The Morgan fingerprint density at radius 1 is 0.571 bits per heavy atom. The molecule has 16 nitrogen and oxygen atoms in total. The molecule has 390 valence electrons. The Balaban J connectivity index is 1.21. The van der Waals surface area contributed by atoms with Gasteiger partial charge < -0.3 is 48.1 Å². The number of unbranched alkanes of at least 4 members (excludes halogenated alkanes) is 2. The van der Waals surface area contributed by atoms with Crippen LogP contribution in [-0.4, -0.2) is 152 Å². The first-order chi connectivity index (χ1) is 32.9. The number of fused-ring (bicyclic) bond motifs is 4. The molecule has 0 aliphatic carbocycles. The molecule has 0 saturated carbocycles. The molecule has 4 aliphatic rings.